The van der Waals surface area contributed by atoms with Crippen molar-refractivity contribution in [3.05, 3.63) is 80.8 Å². The minimum absolute atomic E-state index is 0.163. The van der Waals surface area contributed by atoms with Gasteiger partial charge in [-0.15, -0.1) is 0 Å². The SMILES string of the molecule is CC1(C)CCC(Cc2ccc(Cl)cc2)=C1CO.CC1(C)CCC(Cc2ccc(Cl)cc2)C12CO2. The first-order valence-electron chi connectivity index (χ1n) is 12.5. The van der Waals surface area contributed by atoms with E-state index in [1.54, 1.807) is 0 Å². The highest BCUT2D eigenvalue weighted by Gasteiger charge is 2.64. The van der Waals surface area contributed by atoms with E-state index in [2.05, 4.69) is 52.0 Å². The first kappa shape index (κ1) is 25.8. The normalized spacial score (nSPS) is 26.5. The Morgan fingerprint density at radius 3 is 1.97 bits per heavy atom. The zero-order valence-corrected chi connectivity index (χ0v) is 22.5. The number of aliphatic hydroxyl groups excluding tert-OH is 1. The molecule has 1 N–H and O–H groups in total. The molecular formula is C30H38Cl2O2. The zero-order valence-electron chi connectivity index (χ0n) is 21.0. The highest BCUT2D eigenvalue weighted by Crippen LogP contribution is 2.59. The lowest BCUT2D eigenvalue weighted by Crippen LogP contribution is -2.33. The second-order valence-electron chi connectivity index (χ2n) is 11.6. The van der Waals surface area contributed by atoms with E-state index in [-0.39, 0.29) is 17.6 Å². The number of aliphatic hydroxyl groups is 1. The molecule has 34 heavy (non-hydrogen) atoms. The molecule has 0 aromatic heterocycles. The summed E-state index contributed by atoms with van der Waals surface area (Å²) in [6.45, 7) is 10.3. The Morgan fingerprint density at radius 2 is 1.44 bits per heavy atom. The molecule has 5 rings (SSSR count). The average molecular weight is 502 g/mol. The van der Waals surface area contributed by atoms with Crippen LogP contribution in [-0.2, 0) is 17.6 Å². The summed E-state index contributed by atoms with van der Waals surface area (Å²) in [5.41, 5.74) is 5.97. The lowest BCUT2D eigenvalue weighted by atomic mass is 9.77. The number of hydrogen-bond acceptors (Lipinski definition) is 2. The van der Waals surface area contributed by atoms with Crippen molar-refractivity contribution in [2.45, 2.75) is 71.8 Å². The average Bonchev–Trinajstić information content (AvgIpc) is 3.51. The van der Waals surface area contributed by atoms with Crippen LogP contribution in [-0.4, -0.2) is 23.9 Å². The molecule has 2 fully saturated rings. The zero-order chi connectivity index (χ0) is 24.6. The largest absolute Gasteiger partial charge is 0.392 e. The van der Waals surface area contributed by atoms with Crippen molar-refractivity contribution in [3.8, 4) is 0 Å². The molecule has 2 aromatic rings. The maximum atomic E-state index is 9.52. The first-order chi connectivity index (χ1) is 16.1. The lowest BCUT2D eigenvalue weighted by Gasteiger charge is -2.27. The van der Waals surface area contributed by atoms with Gasteiger partial charge in [0.1, 0.15) is 0 Å². The second kappa shape index (κ2) is 9.97. The summed E-state index contributed by atoms with van der Waals surface area (Å²) < 4.78 is 5.85. The summed E-state index contributed by atoms with van der Waals surface area (Å²) in [6, 6.07) is 16.2. The van der Waals surface area contributed by atoms with Crippen LogP contribution in [0.25, 0.3) is 0 Å². The van der Waals surface area contributed by atoms with Crippen molar-refractivity contribution < 1.29 is 9.84 Å². The summed E-state index contributed by atoms with van der Waals surface area (Å²) in [4.78, 5) is 0. The first-order valence-corrected chi connectivity index (χ1v) is 13.3. The van der Waals surface area contributed by atoms with Gasteiger partial charge in [-0.2, -0.15) is 0 Å². The molecular weight excluding hydrogens is 463 g/mol. The maximum absolute atomic E-state index is 9.52. The van der Waals surface area contributed by atoms with Gasteiger partial charge in [-0.3, -0.25) is 0 Å². The Morgan fingerprint density at radius 1 is 0.882 bits per heavy atom. The monoisotopic (exact) mass is 500 g/mol. The van der Waals surface area contributed by atoms with E-state index < -0.39 is 0 Å². The second-order valence-corrected chi connectivity index (χ2v) is 12.4. The maximum Gasteiger partial charge on any atom is 0.0998 e. The Balaban J connectivity index is 0.000000161. The summed E-state index contributed by atoms with van der Waals surface area (Å²) in [7, 11) is 0. The molecule has 0 radical (unpaired) electrons. The molecule has 2 aromatic carbocycles. The van der Waals surface area contributed by atoms with Crippen LogP contribution in [0.15, 0.2) is 59.7 Å². The third kappa shape index (κ3) is 5.41. The van der Waals surface area contributed by atoms with Gasteiger partial charge in [-0.25, -0.2) is 0 Å². The van der Waals surface area contributed by atoms with Crippen molar-refractivity contribution in [2.24, 2.45) is 16.7 Å². The van der Waals surface area contributed by atoms with Gasteiger partial charge in [0.05, 0.1) is 18.8 Å². The van der Waals surface area contributed by atoms with Crippen molar-refractivity contribution in [1.29, 1.82) is 0 Å². The van der Waals surface area contributed by atoms with E-state index in [0.29, 0.717) is 11.3 Å². The number of halogens is 2. The smallest absolute Gasteiger partial charge is 0.0998 e. The Bertz CT molecular complexity index is 1010. The van der Waals surface area contributed by atoms with E-state index in [9.17, 15) is 5.11 Å². The molecule has 1 spiro atoms. The Kier molecular flexibility index (Phi) is 7.56. The lowest BCUT2D eigenvalue weighted by molar-refractivity contribution is 0.136. The van der Waals surface area contributed by atoms with E-state index in [4.69, 9.17) is 27.9 Å². The van der Waals surface area contributed by atoms with E-state index in [0.717, 1.165) is 42.3 Å². The van der Waals surface area contributed by atoms with Gasteiger partial charge >= 0.3 is 0 Å². The van der Waals surface area contributed by atoms with Gasteiger partial charge in [0.25, 0.3) is 0 Å². The molecule has 2 aliphatic carbocycles. The molecule has 1 saturated heterocycles. The number of epoxide rings is 1. The molecule has 2 atom stereocenters. The van der Waals surface area contributed by atoms with Crippen LogP contribution in [0.1, 0.15) is 64.5 Å². The number of rotatable bonds is 5. The van der Waals surface area contributed by atoms with Crippen molar-refractivity contribution in [1.82, 2.24) is 0 Å². The fraction of sp³-hybridized carbons (Fsp3) is 0.533. The van der Waals surface area contributed by atoms with Gasteiger partial charge < -0.3 is 9.84 Å². The molecule has 3 aliphatic rings. The van der Waals surface area contributed by atoms with Crippen LogP contribution in [0.3, 0.4) is 0 Å². The fourth-order valence-corrected chi connectivity index (χ4v) is 6.27. The predicted octanol–water partition coefficient (Wildman–Crippen LogP) is 8.08. The summed E-state index contributed by atoms with van der Waals surface area (Å²) in [5.74, 6) is 0.679. The van der Waals surface area contributed by atoms with E-state index in [1.165, 1.54) is 35.1 Å². The van der Waals surface area contributed by atoms with Gasteiger partial charge in [0, 0.05) is 10.0 Å². The van der Waals surface area contributed by atoms with Crippen LogP contribution in [0, 0.1) is 16.7 Å². The number of benzene rings is 2. The summed E-state index contributed by atoms with van der Waals surface area (Å²) >= 11 is 11.8. The molecule has 0 amide bonds. The van der Waals surface area contributed by atoms with Gasteiger partial charge in [-0.05, 0) is 96.2 Å². The summed E-state index contributed by atoms with van der Waals surface area (Å²) in [6.07, 6.45) is 6.88. The van der Waals surface area contributed by atoms with Crippen LogP contribution in [0.4, 0.5) is 0 Å². The fourth-order valence-electron chi connectivity index (χ4n) is 6.02. The van der Waals surface area contributed by atoms with Crippen molar-refractivity contribution >= 4 is 23.2 Å². The van der Waals surface area contributed by atoms with Gasteiger partial charge in [-0.1, -0.05) is 80.7 Å². The van der Waals surface area contributed by atoms with Gasteiger partial charge in [0.2, 0.25) is 0 Å². The van der Waals surface area contributed by atoms with E-state index >= 15 is 0 Å². The minimum Gasteiger partial charge on any atom is -0.392 e. The molecule has 4 heteroatoms. The molecule has 2 nitrogen and oxygen atoms in total. The number of allylic oxidation sites excluding steroid dienone is 1. The molecule has 1 heterocycles. The quantitative estimate of drug-likeness (QED) is 0.332. The third-order valence-electron chi connectivity index (χ3n) is 8.56. The minimum atomic E-state index is 0.163. The van der Waals surface area contributed by atoms with Crippen LogP contribution in [0.5, 0.6) is 0 Å². The number of ether oxygens (including phenoxy) is 1. The summed E-state index contributed by atoms with van der Waals surface area (Å²) in [5, 5.41) is 11.1. The standard InChI is InChI=1S/2C15H19ClO/c1-14(2)8-7-12(15(14)10-17-15)9-11-3-5-13(16)6-4-11;1-15(2)8-7-12(14(15)10-17)9-11-3-5-13(16)6-4-11/h3-6,12H,7-10H2,1-2H3;3-6,17H,7-10H2,1-2H3. The van der Waals surface area contributed by atoms with Crippen molar-refractivity contribution in [3.63, 3.8) is 0 Å². The molecule has 0 bridgehead atoms. The molecule has 184 valence electrons. The van der Waals surface area contributed by atoms with Gasteiger partial charge in [0.15, 0.2) is 0 Å². The van der Waals surface area contributed by atoms with Crippen LogP contribution < -0.4 is 0 Å². The molecule has 2 unspecified atom stereocenters. The Hall–Kier alpha value is -1.32. The molecule has 1 aliphatic heterocycles. The predicted molar refractivity (Wildman–Crippen MR) is 143 cm³/mol. The third-order valence-corrected chi connectivity index (χ3v) is 9.06. The highest BCUT2D eigenvalue weighted by molar-refractivity contribution is 6.30. The topological polar surface area (TPSA) is 32.8 Å². The Labute approximate surface area is 215 Å². The highest BCUT2D eigenvalue weighted by atomic mass is 35.5. The van der Waals surface area contributed by atoms with E-state index in [1.807, 2.05) is 24.3 Å². The van der Waals surface area contributed by atoms with Crippen LogP contribution >= 0.6 is 23.2 Å². The number of hydrogen-bond donors (Lipinski definition) is 1. The molecule has 1 saturated carbocycles. The van der Waals surface area contributed by atoms with Crippen molar-refractivity contribution in [2.75, 3.05) is 13.2 Å². The van der Waals surface area contributed by atoms with Crippen LogP contribution in [0.2, 0.25) is 10.0 Å².